The van der Waals surface area contributed by atoms with E-state index in [1.54, 1.807) is 4.90 Å². The summed E-state index contributed by atoms with van der Waals surface area (Å²) >= 11 is 12.4. The van der Waals surface area contributed by atoms with E-state index in [0.717, 1.165) is 12.8 Å². The number of halogens is 2. The van der Waals surface area contributed by atoms with E-state index in [-0.39, 0.29) is 34.5 Å². The molecule has 5 N–H and O–H groups in total. The maximum Gasteiger partial charge on any atom is 0.257 e. The second kappa shape index (κ2) is 7.25. The molecule has 1 amide bonds. The first kappa shape index (κ1) is 18.7. The predicted molar refractivity (Wildman–Crippen MR) is 93.1 cm³/mol. The van der Waals surface area contributed by atoms with Crippen LogP contribution >= 0.6 is 23.2 Å². The predicted octanol–water partition coefficient (Wildman–Crippen LogP) is -0.128. The number of rotatable bonds is 3. The summed E-state index contributed by atoms with van der Waals surface area (Å²) < 4.78 is 0. The Hall–Kier alpha value is -0.110. The zero-order chi connectivity index (χ0) is 17.5. The highest BCUT2D eigenvalue weighted by Crippen LogP contribution is 2.37. The quantitative estimate of drug-likeness (QED) is 0.512. The highest BCUT2D eigenvalue weighted by atomic mass is 35.5. The van der Waals surface area contributed by atoms with Crippen molar-refractivity contribution >= 4 is 29.1 Å². The number of aliphatic hydroxyl groups is 2. The van der Waals surface area contributed by atoms with Crippen LogP contribution in [0.25, 0.3) is 0 Å². The third-order valence-electron chi connectivity index (χ3n) is 5.95. The molecule has 2 heterocycles. The number of alkyl halides is 2. The second-order valence-electron chi connectivity index (χ2n) is 7.58. The summed E-state index contributed by atoms with van der Waals surface area (Å²) in [6.45, 7) is 1.86. The van der Waals surface area contributed by atoms with Gasteiger partial charge in [0.1, 0.15) is 0 Å². The second-order valence-corrected chi connectivity index (χ2v) is 8.70. The van der Waals surface area contributed by atoms with Crippen molar-refractivity contribution in [3.8, 4) is 0 Å². The maximum absolute atomic E-state index is 12.3. The van der Waals surface area contributed by atoms with Gasteiger partial charge in [0.25, 0.3) is 5.91 Å². The minimum Gasteiger partial charge on any atom is -0.393 e. The van der Waals surface area contributed by atoms with Crippen LogP contribution in [0.4, 0.5) is 0 Å². The molecular weight excluding hydrogens is 353 g/mol. The molecular formula is C16H27Cl2N3O3. The van der Waals surface area contributed by atoms with E-state index in [2.05, 4.69) is 5.32 Å². The third-order valence-corrected chi connectivity index (χ3v) is 7.04. The average molecular weight is 380 g/mol. The number of nitrogens with zero attached hydrogens (tertiary/aromatic N) is 1. The lowest BCUT2D eigenvalue weighted by atomic mass is 9.74. The number of carbonyl (C=O) groups is 1. The van der Waals surface area contributed by atoms with Crippen LogP contribution < -0.4 is 11.1 Å². The molecule has 138 valence electrons. The van der Waals surface area contributed by atoms with E-state index in [0.29, 0.717) is 39.0 Å². The van der Waals surface area contributed by atoms with Gasteiger partial charge in [0, 0.05) is 38.1 Å². The monoisotopic (exact) mass is 379 g/mol. The first-order valence-corrected chi connectivity index (χ1v) is 9.63. The molecule has 2 saturated heterocycles. The number of amides is 1. The van der Waals surface area contributed by atoms with Crippen LogP contribution in [-0.4, -0.2) is 75.7 Å². The lowest BCUT2D eigenvalue weighted by Crippen LogP contribution is -2.68. The molecule has 3 rings (SSSR count). The Bertz CT molecular complexity index is 469. The van der Waals surface area contributed by atoms with Gasteiger partial charge < -0.3 is 26.2 Å². The van der Waals surface area contributed by atoms with E-state index in [1.807, 2.05) is 0 Å². The van der Waals surface area contributed by atoms with Crippen LogP contribution in [0.3, 0.4) is 0 Å². The molecule has 8 heteroatoms. The SMILES string of the molecule is N[C@H](C1CCN(C(=O)C2(O)CNC2)CC1)C1CC(Cl)C(Cl)CC1O. The van der Waals surface area contributed by atoms with Crippen molar-refractivity contribution in [2.75, 3.05) is 26.2 Å². The van der Waals surface area contributed by atoms with Crippen LogP contribution in [0.2, 0.25) is 0 Å². The molecule has 4 unspecified atom stereocenters. The summed E-state index contributed by atoms with van der Waals surface area (Å²) in [4.78, 5) is 14.1. The number of likely N-dealkylation sites (tertiary alicyclic amines) is 1. The minimum atomic E-state index is -1.23. The summed E-state index contributed by atoms with van der Waals surface area (Å²) in [5, 5.41) is 23.0. The third kappa shape index (κ3) is 3.55. The molecule has 0 bridgehead atoms. The van der Waals surface area contributed by atoms with Crippen molar-refractivity contribution in [1.29, 1.82) is 0 Å². The molecule has 0 radical (unpaired) electrons. The van der Waals surface area contributed by atoms with E-state index in [1.165, 1.54) is 0 Å². The Morgan fingerprint density at radius 1 is 1.21 bits per heavy atom. The fourth-order valence-corrected chi connectivity index (χ4v) is 4.77. The van der Waals surface area contributed by atoms with E-state index < -0.39 is 11.7 Å². The van der Waals surface area contributed by atoms with Crippen molar-refractivity contribution in [2.24, 2.45) is 17.6 Å². The fourth-order valence-electron chi connectivity index (χ4n) is 4.18. The first-order valence-electron chi connectivity index (χ1n) is 8.76. The number of piperidine rings is 1. The normalized spacial score (nSPS) is 38.5. The van der Waals surface area contributed by atoms with Gasteiger partial charge in [-0.25, -0.2) is 0 Å². The van der Waals surface area contributed by atoms with Crippen LogP contribution in [0, 0.1) is 11.8 Å². The van der Waals surface area contributed by atoms with Crippen molar-refractivity contribution in [3.63, 3.8) is 0 Å². The molecule has 2 aliphatic heterocycles. The van der Waals surface area contributed by atoms with Crippen LogP contribution in [0.1, 0.15) is 25.7 Å². The van der Waals surface area contributed by atoms with E-state index in [4.69, 9.17) is 28.9 Å². The molecule has 24 heavy (non-hydrogen) atoms. The first-order chi connectivity index (χ1) is 11.3. The number of nitrogens with two attached hydrogens (primary N) is 1. The maximum atomic E-state index is 12.3. The van der Waals surface area contributed by atoms with Gasteiger partial charge in [-0.3, -0.25) is 4.79 Å². The van der Waals surface area contributed by atoms with Gasteiger partial charge in [-0.1, -0.05) is 0 Å². The molecule has 1 saturated carbocycles. The van der Waals surface area contributed by atoms with Gasteiger partial charge >= 0.3 is 0 Å². The van der Waals surface area contributed by atoms with Gasteiger partial charge in [-0.15, -0.1) is 23.2 Å². The largest absolute Gasteiger partial charge is 0.393 e. The number of β-amino-alcohol motifs (C(OH)–C–C–N with tert-alkyl or cyclic N) is 1. The summed E-state index contributed by atoms with van der Waals surface area (Å²) in [5.74, 6) is 0.0187. The van der Waals surface area contributed by atoms with Crippen LogP contribution in [-0.2, 0) is 4.79 Å². The number of nitrogens with one attached hydrogen (secondary N) is 1. The van der Waals surface area contributed by atoms with Gasteiger partial charge in [-0.2, -0.15) is 0 Å². The zero-order valence-corrected chi connectivity index (χ0v) is 15.2. The van der Waals surface area contributed by atoms with Crippen molar-refractivity contribution in [3.05, 3.63) is 0 Å². The Kier molecular flexibility index (Phi) is 5.64. The molecule has 0 aromatic rings. The lowest BCUT2D eigenvalue weighted by molar-refractivity contribution is -0.158. The standard InChI is InChI=1S/C16H27Cl2N3O3/c17-11-5-10(13(22)6-12(11)18)14(19)9-1-3-21(4-2-9)15(23)16(24)7-20-8-16/h9-14,20,22,24H,1-8,19H2/t10?,11?,12?,13?,14-/m1/s1. The van der Waals surface area contributed by atoms with Crippen LogP contribution in [0.15, 0.2) is 0 Å². The van der Waals surface area contributed by atoms with Crippen LogP contribution in [0.5, 0.6) is 0 Å². The molecule has 0 aromatic carbocycles. The number of carbonyl (C=O) groups excluding carboxylic acids is 1. The molecule has 0 spiro atoms. The molecule has 3 aliphatic rings. The zero-order valence-electron chi connectivity index (χ0n) is 13.7. The van der Waals surface area contributed by atoms with Crippen molar-refractivity contribution in [1.82, 2.24) is 10.2 Å². The highest BCUT2D eigenvalue weighted by molar-refractivity contribution is 6.30. The summed E-state index contributed by atoms with van der Waals surface area (Å²) in [6.07, 6.45) is 2.17. The molecule has 5 atom stereocenters. The summed E-state index contributed by atoms with van der Waals surface area (Å²) in [7, 11) is 0. The van der Waals surface area contributed by atoms with Crippen molar-refractivity contribution in [2.45, 2.75) is 54.2 Å². The molecule has 1 aliphatic carbocycles. The van der Waals surface area contributed by atoms with E-state index >= 15 is 0 Å². The summed E-state index contributed by atoms with van der Waals surface area (Å²) in [6, 6.07) is -0.142. The molecule has 6 nitrogen and oxygen atoms in total. The Balaban J connectivity index is 1.53. The fraction of sp³-hybridized carbons (Fsp3) is 0.938. The van der Waals surface area contributed by atoms with Gasteiger partial charge in [-0.05, 0) is 31.6 Å². The highest BCUT2D eigenvalue weighted by Gasteiger charge is 2.46. The average Bonchev–Trinajstić information content (AvgIpc) is 2.55. The van der Waals surface area contributed by atoms with E-state index in [9.17, 15) is 15.0 Å². The number of hydrogen-bond donors (Lipinski definition) is 4. The molecule has 3 fully saturated rings. The Labute approximate surface area is 152 Å². The molecule has 0 aromatic heterocycles. The number of hydrogen-bond acceptors (Lipinski definition) is 5. The lowest BCUT2D eigenvalue weighted by Gasteiger charge is -2.45. The van der Waals surface area contributed by atoms with Gasteiger partial charge in [0.2, 0.25) is 0 Å². The smallest absolute Gasteiger partial charge is 0.257 e. The summed E-state index contributed by atoms with van der Waals surface area (Å²) in [5.41, 5.74) is 5.21. The minimum absolute atomic E-state index is 0.0465. The van der Waals surface area contributed by atoms with Gasteiger partial charge in [0.05, 0.1) is 16.9 Å². The topological polar surface area (TPSA) is 98.8 Å². The Morgan fingerprint density at radius 3 is 2.33 bits per heavy atom. The van der Waals surface area contributed by atoms with Gasteiger partial charge in [0.15, 0.2) is 5.60 Å². The number of aliphatic hydroxyl groups excluding tert-OH is 1. The Morgan fingerprint density at radius 2 is 1.79 bits per heavy atom. The van der Waals surface area contributed by atoms with Crippen molar-refractivity contribution < 1.29 is 15.0 Å².